The average molecular weight is 182 g/mol. The average Bonchev–Trinajstić information content (AvgIpc) is 2.24. The molecule has 1 aromatic heterocycles. The Balaban J connectivity index is 3.32. The van der Waals surface area contributed by atoms with Crippen LogP contribution in [0.15, 0.2) is 0 Å². The first-order valence-electron chi connectivity index (χ1n) is 4.13. The van der Waals surface area contributed by atoms with E-state index in [-0.39, 0.29) is 0 Å². The van der Waals surface area contributed by atoms with E-state index in [1.807, 2.05) is 6.92 Å². The van der Waals surface area contributed by atoms with E-state index in [1.54, 1.807) is 11.3 Å². The lowest BCUT2D eigenvalue weighted by atomic mass is 9.99. The van der Waals surface area contributed by atoms with Crippen LogP contribution in [0.25, 0.3) is 0 Å². The zero-order valence-electron chi connectivity index (χ0n) is 7.97. The van der Waals surface area contributed by atoms with Gasteiger partial charge in [0.2, 0.25) is 0 Å². The summed E-state index contributed by atoms with van der Waals surface area (Å²) in [6.07, 6.45) is 0.980. The highest BCUT2D eigenvalue weighted by molar-refractivity contribution is 7.12. The van der Waals surface area contributed by atoms with Crippen LogP contribution in [0, 0.1) is 13.8 Å². The summed E-state index contributed by atoms with van der Waals surface area (Å²) >= 11 is 1.72. The van der Waals surface area contributed by atoms with Crippen molar-refractivity contribution in [3.8, 4) is 0 Å². The van der Waals surface area contributed by atoms with Crippen molar-refractivity contribution in [2.24, 2.45) is 0 Å². The minimum absolute atomic E-state index is 0.454. The molecule has 1 nitrogen and oxygen atoms in total. The molecule has 0 N–H and O–H groups in total. The predicted molar refractivity (Wildman–Crippen MR) is 53.3 cm³/mol. The second-order valence-electron chi connectivity index (χ2n) is 3.31. The van der Waals surface area contributed by atoms with E-state index in [0.717, 1.165) is 16.7 Å². The maximum atomic E-state index is 10.8. The summed E-state index contributed by atoms with van der Waals surface area (Å²) < 4.78 is 0. The van der Waals surface area contributed by atoms with Crippen LogP contribution in [-0.4, -0.2) is 6.29 Å². The van der Waals surface area contributed by atoms with Gasteiger partial charge in [-0.1, -0.05) is 13.8 Å². The maximum absolute atomic E-state index is 10.8. The molecule has 0 radical (unpaired) electrons. The fourth-order valence-corrected chi connectivity index (χ4v) is 2.77. The van der Waals surface area contributed by atoms with Gasteiger partial charge in [0.05, 0.1) is 0 Å². The van der Waals surface area contributed by atoms with Crippen LogP contribution < -0.4 is 0 Å². The number of aryl methyl sites for hydroxylation is 2. The molecule has 0 amide bonds. The van der Waals surface area contributed by atoms with E-state index in [9.17, 15) is 4.79 Å². The van der Waals surface area contributed by atoms with Crippen molar-refractivity contribution >= 4 is 17.6 Å². The topological polar surface area (TPSA) is 17.1 Å². The van der Waals surface area contributed by atoms with Crippen molar-refractivity contribution in [3.05, 3.63) is 20.9 Å². The molecular formula is C10H14OS. The Hall–Kier alpha value is -0.630. The largest absolute Gasteiger partial charge is 0.298 e. The summed E-state index contributed by atoms with van der Waals surface area (Å²) in [6, 6.07) is 0. The first kappa shape index (κ1) is 9.46. The van der Waals surface area contributed by atoms with Gasteiger partial charge in [0.15, 0.2) is 6.29 Å². The molecule has 0 fully saturated rings. The summed E-state index contributed by atoms with van der Waals surface area (Å²) in [5, 5.41) is 0. The number of carbonyl (C=O) groups is 1. The smallest absolute Gasteiger partial charge is 0.151 e. The van der Waals surface area contributed by atoms with Crippen LogP contribution in [0.4, 0.5) is 0 Å². The van der Waals surface area contributed by atoms with Crippen molar-refractivity contribution in [1.82, 2.24) is 0 Å². The molecule has 1 aromatic rings. The molecule has 0 aliphatic heterocycles. The molecule has 66 valence electrons. The van der Waals surface area contributed by atoms with Crippen molar-refractivity contribution in [3.63, 3.8) is 0 Å². The van der Waals surface area contributed by atoms with Gasteiger partial charge in [-0.25, -0.2) is 0 Å². The van der Waals surface area contributed by atoms with Gasteiger partial charge in [-0.15, -0.1) is 11.3 Å². The molecule has 0 spiro atoms. The molecule has 0 atom stereocenters. The number of carbonyl (C=O) groups excluding carboxylic acids is 1. The van der Waals surface area contributed by atoms with Gasteiger partial charge in [-0.05, 0) is 25.3 Å². The van der Waals surface area contributed by atoms with E-state index >= 15 is 0 Å². The van der Waals surface area contributed by atoms with Gasteiger partial charge in [-0.3, -0.25) is 4.79 Å². The molecule has 1 rings (SSSR count). The van der Waals surface area contributed by atoms with Crippen molar-refractivity contribution in [2.45, 2.75) is 33.6 Å². The molecule has 0 aliphatic rings. The highest BCUT2D eigenvalue weighted by Gasteiger charge is 2.14. The summed E-state index contributed by atoms with van der Waals surface area (Å²) in [4.78, 5) is 13.2. The Kier molecular flexibility index (Phi) is 2.68. The van der Waals surface area contributed by atoms with Crippen LogP contribution in [0.5, 0.6) is 0 Å². The van der Waals surface area contributed by atoms with Gasteiger partial charge in [0.25, 0.3) is 0 Å². The predicted octanol–water partition coefficient (Wildman–Crippen LogP) is 3.30. The molecular weight excluding hydrogens is 168 g/mol. The number of thiophene rings is 1. The van der Waals surface area contributed by atoms with Gasteiger partial charge in [0.1, 0.15) is 0 Å². The Morgan fingerprint density at radius 1 is 1.25 bits per heavy atom. The summed E-state index contributed by atoms with van der Waals surface area (Å²) in [5.74, 6) is 0.454. The molecule has 12 heavy (non-hydrogen) atoms. The highest BCUT2D eigenvalue weighted by atomic mass is 32.1. The van der Waals surface area contributed by atoms with Gasteiger partial charge < -0.3 is 0 Å². The summed E-state index contributed by atoms with van der Waals surface area (Å²) in [6.45, 7) is 8.34. The van der Waals surface area contributed by atoms with Gasteiger partial charge >= 0.3 is 0 Å². The fourth-order valence-electron chi connectivity index (χ4n) is 1.58. The third-order valence-corrected chi connectivity index (χ3v) is 3.10. The first-order chi connectivity index (χ1) is 5.57. The van der Waals surface area contributed by atoms with Crippen molar-refractivity contribution in [1.29, 1.82) is 0 Å². The molecule has 0 unspecified atom stereocenters. The molecule has 2 heteroatoms. The lowest BCUT2D eigenvalue weighted by Crippen LogP contribution is -1.93. The standard InChI is InChI=1S/C10H14OS/c1-6(2)10-8(4)12-7(3)9(10)5-11/h5-6H,1-4H3. The number of hydrogen-bond donors (Lipinski definition) is 0. The number of rotatable bonds is 2. The molecule has 0 bridgehead atoms. The second-order valence-corrected chi connectivity index (χ2v) is 4.74. The lowest BCUT2D eigenvalue weighted by molar-refractivity contribution is 0.112. The van der Waals surface area contributed by atoms with E-state index in [4.69, 9.17) is 0 Å². The molecule has 1 heterocycles. The van der Waals surface area contributed by atoms with Crippen molar-refractivity contribution < 1.29 is 4.79 Å². The van der Waals surface area contributed by atoms with E-state index in [2.05, 4.69) is 20.8 Å². The maximum Gasteiger partial charge on any atom is 0.151 e. The SMILES string of the molecule is Cc1sc(C)c(C(C)C)c1C=O. The first-order valence-corrected chi connectivity index (χ1v) is 4.94. The van der Waals surface area contributed by atoms with Crippen LogP contribution in [0.2, 0.25) is 0 Å². The van der Waals surface area contributed by atoms with Crippen LogP contribution >= 0.6 is 11.3 Å². The Labute approximate surface area is 77.4 Å². The van der Waals surface area contributed by atoms with E-state index in [0.29, 0.717) is 5.92 Å². The lowest BCUT2D eigenvalue weighted by Gasteiger charge is -2.04. The van der Waals surface area contributed by atoms with Crippen LogP contribution in [-0.2, 0) is 0 Å². The van der Waals surface area contributed by atoms with E-state index < -0.39 is 0 Å². The molecule has 0 saturated heterocycles. The van der Waals surface area contributed by atoms with Crippen LogP contribution in [0.3, 0.4) is 0 Å². The van der Waals surface area contributed by atoms with Crippen LogP contribution in [0.1, 0.15) is 45.4 Å². The molecule has 0 aromatic carbocycles. The molecule has 0 aliphatic carbocycles. The van der Waals surface area contributed by atoms with Crippen molar-refractivity contribution in [2.75, 3.05) is 0 Å². The Morgan fingerprint density at radius 2 is 1.83 bits per heavy atom. The third kappa shape index (κ3) is 1.44. The van der Waals surface area contributed by atoms with Gasteiger partial charge in [-0.2, -0.15) is 0 Å². The molecule has 0 saturated carbocycles. The highest BCUT2D eigenvalue weighted by Crippen LogP contribution is 2.31. The second kappa shape index (κ2) is 3.40. The summed E-state index contributed by atoms with van der Waals surface area (Å²) in [5.41, 5.74) is 2.14. The number of hydrogen-bond acceptors (Lipinski definition) is 2. The van der Waals surface area contributed by atoms with E-state index in [1.165, 1.54) is 10.4 Å². The minimum atomic E-state index is 0.454. The monoisotopic (exact) mass is 182 g/mol. The summed E-state index contributed by atoms with van der Waals surface area (Å²) in [7, 11) is 0. The Bertz CT molecular complexity index is 297. The number of aldehydes is 1. The quantitative estimate of drug-likeness (QED) is 0.641. The zero-order valence-corrected chi connectivity index (χ0v) is 8.79. The third-order valence-electron chi connectivity index (χ3n) is 2.05. The minimum Gasteiger partial charge on any atom is -0.298 e. The van der Waals surface area contributed by atoms with Gasteiger partial charge in [0, 0.05) is 15.3 Å². The Morgan fingerprint density at radius 3 is 2.17 bits per heavy atom. The normalized spacial score (nSPS) is 10.8. The zero-order chi connectivity index (χ0) is 9.30. The fraction of sp³-hybridized carbons (Fsp3) is 0.500.